The molecular formula is C23H28ClN3. The van der Waals surface area contributed by atoms with Gasteiger partial charge in [0.05, 0.1) is 6.54 Å². The maximum Gasteiger partial charge on any atom is 0.108 e. The largest absolute Gasteiger partial charge is 0.378 e. The number of fused-ring (bicyclic) bond motifs is 1. The Morgan fingerprint density at radius 1 is 1.07 bits per heavy atom. The van der Waals surface area contributed by atoms with E-state index in [9.17, 15) is 0 Å². The van der Waals surface area contributed by atoms with Gasteiger partial charge in [-0.3, -0.25) is 4.99 Å². The van der Waals surface area contributed by atoms with E-state index < -0.39 is 0 Å². The summed E-state index contributed by atoms with van der Waals surface area (Å²) in [7, 11) is 4.21. The van der Waals surface area contributed by atoms with E-state index in [-0.39, 0.29) is 5.41 Å². The third-order valence-electron chi connectivity index (χ3n) is 6.01. The lowest BCUT2D eigenvalue weighted by Gasteiger charge is -2.43. The van der Waals surface area contributed by atoms with Gasteiger partial charge in [0.15, 0.2) is 0 Å². The number of nitrogens with one attached hydrogen (secondary N) is 1. The summed E-state index contributed by atoms with van der Waals surface area (Å²) in [5, 5.41) is 4.48. The maximum absolute atomic E-state index is 6.15. The van der Waals surface area contributed by atoms with Gasteiger partial charge in [-0.15, -0.1) is 0 Å². The molecule has 1 saturated carbocycles. The Bertz CT molecular complexity index is 850. The first-order valence-corrected chi connectivity index (χ1v) is 10.3. The monoisotopic (exact) mass is 381 g/mol. The molecule has 3 nitrogen and oxygen atoms in total. The number of hydrogen-bond acceptors (Lipinski definition) is 2. The second kappa shape index (κ2) is 7.55. The topological polar surface area (TPSA) is 27.6 Å². The van der Waals surface area contributed by atoms with Crippen molar-refractivity contribution >= 4 is 28.8 Å². The SMILES string of the molecule is CN(C)c1ccc2c(c1)CC1(CCCCC1)C(=NCc1cccc(Cl)c1)N2. The van der Waals surface area contributed by atoms with Gasteiger partial charge in [0.1, 0.15) is 5.84 Å². The number of aliphatic imine (C=N–C) groups is 1. The molecule has 27 heavy (non-hydrogen) atoms. The zero-order valence-corrected chi connectivity index (χ0v) is 17.0. The summed E-state index contributed by atoms with van der Waals surface area (Å²) in [5.74, 6) is 1.17. The number of rotatable bonds is 3. The van der Waals surface area contributed by atoms with Gasteiger partial charge in [-0.1, -0.05) is 43.0 Å². The fourth-order valence-corrected chi connectivity index (χ4v) is 4.70. The summed E-state index contributed by atoms with van der Waals surface area (Å²) in [6.45, 7) is 0.676. The molecule has 0 saturated heterocycles. The first kappa shape index (κ1) is 18.4. The molecule has 4 heteroatoms. The number of anilines is 2. The predicted octanol–water partition coefficient (Wildman–Crippen LogP) is 5.92. The van der Waals surface area contributed by atoms with Gasteiger partial charge in [-0.05, 0) is 60.7 Å². The minimum Gasteiger partial charge on any atom is -0.378 e. The van der Waals surface area contributed by atoms with Gasteiger partial charge in [0, 0.05) is 35.9 Å². The van der Waals surface area contributed by atoms with Gasteiger partial charge in [-0.25, -0.2) is 0 Å². The number of amidine groups is 1. The van der Waals surface area contributed by atoms with Crippen LogP contribution in [0.3, 0.4) is 0 Å². The zero-order chi connectivity index (χ0) is 18.9. The van der Waals surface area contributed by atoms with Crippen LogP contribution in [0.4, 0.5) is 11.4 Å². The molecule has 0 bridgehead atoms. The highest BCUT2D eigenvalue weighted by molar-refractivity contribution is 6.30. The molecule has 1 heterocycles. The molecule has 1 fully saturated rings. The van der Waals surface area contributed by atoms with Crippen molar-refractivity contribution in [1.29, 1.82) is 0 Å². The molecule has 142 valence electrons. The van der Waals surface area contributed by atoms with Crippen molar-refractivity contribution in [2.45, 2.75) is 45.1 Å². The fraction of sp³-hybridized carbons (Fsp3) is 0.435. The Hall–Kier alpha value is -2.00. The van der Waals surface area contributed by atoms with E-state index >= 15 is 0 Å². The van der Waals surface area contributed by atoms with Crippen LogP contribution in [0.25, 0.3) is 0 Å². The van der Waals surface area contributed by atoms with Gasteiger partial charge < -0.3 is 10.2 Å². The van der Waals surface area contributed by atoms with Crippen LogP contribution in [-0.4, -0.2) is 19.9 Å². The van der Waals surface area contributed by atoms with Crippen molar-refractivity contribution in [3.8, 4) is 0 Å². The molecule has 0 radical (unpaired) electrons. The average molecular weight is 382 g/mol. The lowest BCUT2D eigenvalue weighted by atomic mass is 9.67. The summed E-state index contributed by atoms with van der Waals surface area (Å²) in [6.07, 6.45) is 7.46. The number of nitrogens with zero attached hydrogens (tertiary/aromatic N) is 2. The smallest absolute Gasteiger partial charge is 0.108 e. The average Bonchev–Trinajstić information content (AvgIpc) is 2.66. The quantitative estimate of drug-likeness (QED) is 0.714. The molecule has 2 aromatic carbocycles. The van der Waals surface area contributed by atoms with Crippen LogP contribution < -0.4 is 10.2 Å². The fourth-order valence-electron chi connectivity index (χ4n) is 4.49. The van der Waals surface area contributed by atoms with Crippen LogP contribution in [-0.2, 0) is 13.0 Å². The summed E-state index contributed by atoms with van der Waals surface area (Å²) >= 11 is 6.15. The molecule has 2 aliphatic rings. The Morgan fingerprint density at radius 3 is 2.63 bits per heavy atom. The summed E-state index contributed by atoms with van der Waals surface area (Å²) in [4.78, 5) is 7.24. The molecule has 1 aliphatic heterocycles. The van der Waals surface area contributed by atoms with E-state index in [1.165, 1.54) is 54.9 Å². The molecule has 0 atom stereocenters. The number of benzene rings is 2. The zero-order valence-electron chi connectivity index (χ0n) is 16.3. The minimum atomic E-state index is 0.161. The van der Waals surface area contributed by atoms with Crippen molar-refractivity contribution in [3.05, 3.63) is 58.6 Å². The molecule has 1 N–H and O–H groups in total. The van der Waals surface area contributed by atoms with Crippen LogP contribution in [0.15, 0.2) is 47.5 Å². The van der Waals surface area contributed by atoms with Gasteiger partial charge in [0.2, 0.25) is 0 Å². The normalized spacial score (nSPS) is 19.6. The highest BCUT2D eigenvalue weighted by Gasteiger charge is 2.41. The third-order valence-corrected chi connectivity index (χ3v) is 6.24. The Kier molecular flexibility index (Phi) is 5.14. The van der Waals surface area contributed by atoms with Crippen molar-refractivity contribution < 1.29 is 0 Å². The molecular weight excluding hydrogens is 354 g/mol. The van der Waals surface area contributed by atoms with E-state index in [1.54, 1.807) is 0 Å². The Morgan fingerprint density at radius 2 is 1.89 bits per heavy atom. The Balaban J connectivity index is 1.67. The molecule has 0 unspecified atom stereocenters. The number of hydrogen-bond donors (Lipinski definition) is 1. The second-order valence-corrected chi connectivity index (χ2v) is 8.61. The van der Waals surface area contributed by atoms with Crippen molar-refractivity contribution in [2.24, 2.45) is 10.4 Å². The van der Waals surface area contributed by atoms with Crippen LogP contribution in [0.1, 0.15) is 43.2 Å². The van der Waals surface area contributed by atoms with Gasteiger partial charge in [-0.2, -0.15) is 0 Å². The molecule has 0 aromatic heterocycles. The highest BCUT2D eigenvalue weighted by Crippen LogP contribution is 2.45. The van der Waals surface area contributed by atoms with E-state index in [0.29, 0.717) is 6.54 Å². The van der Waals surface area contributed by atoms with Crippen molar-refractivity contribution in [3.63, 3.8) is 0 Å². The minimum absolute atomic E-state index is 0.161. The summed E-state index contributed by atoms with van der Waals surface area (Å²) in [5.41, 5.74) is 5.22. The summed E-state index contributed by atoms with van der Waals surface area (Å²) in [6, 6.07) is 14.8. The number of halogens is 1. The standard InChI is InChI=1S/C23H28ClN3/c1-27(2)20-9-10-21-18(14-20)15-23(11-4-3-5-12-23)22(26-21)25-16-17-7-6-8-19(24)13-17/h6-10,13-14H,3-5,11-12,15-16H2,1-2H3,(H,25,26). The molecule has 0 amide bonds. The first-order chi connectivity index (χ1) is 13.1. The van der Waals surface area contributed by atoms with Crippen molar-refractivity contribution in [2.75, 3.05) is 24.3 Å². The second-order valence-electron chi connectivity index (χ2n) is 8.17. The van der Waals surface area contributed by atoms with Crippen molar-refractivity contribution in [1.82, 2.24) is 0 Å². The van der Waals surface area contributed by atoms with Crippen LogP contribution in [0, 0.1) is 5.41 Å². The molecule has 4 rings (SSSR count). The van der Waals surface area contributed by atoms with Crippen LogP contribution in [0.5, 0.6) is 0 Å². The van der Waals surface area contributed by atoms with E-state index in [4.69, 9.17) is 16.6 Å². The van der Waals surface area contributed by atoms with Gasteiger partial charge >= 0.3 is 0 Å². The van der Waals surface area contributed by atoms with E-state index in [1.807, 2.05) is 18.2 Å². The lowest BCUT2D eigenvalue weighted by Crippen LogP contribution is -2.43. The van der Waals surface area contributed by atoms with E-state index in [2.05, 4.69) is 48.6 Å². The highest BCUT2D eigenvalue weighted by atomic mass is 35.5. The predicted molar refractivity (Wildman–Crippen MR) is 116 cm³/mol. The van der Waals surface area contributed by atoms with E-state index in [0.717, 1.165) is 17.0 Å². The first-order valence-electron chi connectivity index (χ1n) is 9.92. The Labute approximate surface area is 167 Å². The molecule has 1 spiro atoms. The lowest BCUT2D eigenvalue weighted by molar-refractivity contribution is 0.278. The van der Waals surface area contributed by atoms with Crippen LogP contribution in [0.2, 0.25) is 5.02 Å². The maximum atomic E-state index is 6.15. The van der Waals surface area contributed by atoms with Gasteiger partial charge in [0.25, 0.3) is 0 Å². The molecule has 1 aliphatic carbocycles. The molecule has 2 aromatic rings. The third kappa shape index (κ3) is 3.84. The van der Waals surface area contributed by atoms with Crippen LogP contribution >= 0.6 is 11.6 Å². The summed E-state index contributed by atoms with van der Waals surface area (Å²) < 4.78 is 0.